The summed E-state index contributed by atoms with van der Waals surface area (Å²) in [6.45, 7) is 14.7. The van der Waals surface area contributed by atoms with E-state index < -0.39 is 0 Å². The molecular formula is C12H27N3. The zero-order chi connectivity index (χ0) is 11.7. The van der Waals surface area contributed by atoms with Gasteiger partial charge in [0.05, 0.1) is 0 Å². The Balaban J connectivity index is 0.000000442. The molecule has 0 aliphatic carbocycles. The third kappa shape index (κ3) is 4.33. The van der Waals surface area contributed by atoms with Crippen molar-refractivity contribution in [3.05, 3.63) is 13.2 Å². The van der Waals surface area contributed by atoms with E-state index in [-0.39, 0.29) is 0 Å². The number of rotatable bonds is 0. The van der Waals surface area contributed by atoms with Crippen LogP contribution in [-0.2, 0) is 0 Å². The van der Waals surface area contributed by atoms with Crippen LogP contribution in [0.2, 0.25) is 0 Å². The van der Waals surface area contributed by atoms with Gasteiger partial charge >= 0.3 is 0 Å². The zero-order valence-corrected chi connectivity index (χ0v) is 10.6. The molecule has 0 radical (unpaired) electrons. The Morgan fingerprint density at radius 1 is 1.20 bits per heavy atom. The summed E-state index contributed by atoms with van der Waals surface area (Å²) in [6.07, 6.45) is 1.29. The highest BCUT2D eigenvalue weighted by Crippen LogP contribution is 2.12. The number of nitrogens with zero attached hydrogens (tertiary/aromatic N) is 1. The lowest BCUT2D eigenvalue weighted by molar-refractivity contribution is 0.124. The molecule has 2 rings (SSSR count). The van der Waals surface area contributed by atoms with Gasteiger partial charge in [0.25, 0.3) is 0 Å². The molecule has 0 saturated carbocycles. The predicted molar refractivity (Wildman–Crippen MR) is 68.3 cm³/mol. The van der Waals surface area contributed by atoms with E-state index >= 15 is 0 Å². The largest absolute Gasteiger partial charge is 0.315 e. The second kappa shape index (κ2) is 8.89. The van der Waals surface area contributed by atoms with Crippen molar-refractivity contribution in [3.8, 4) is 0 Å². The SMILES string of the molecule is C=C.CC.CN1CCNC2CCNCC21. The summed E-state index contributed by atoms with van der Waals surface area (Å²) >= 11 is 0. The minimum atomic E-state index is 0.734. The van der Waals surface area contributed by atoms with Gasteiger partial charge in [-0.2, -0.15) is 0 Å². The van der Waals surface area contributed by atoms with Crippen LogP contribution in [0.15, 0.2) is 13.2 Å². The van der Waals surface area contributed by atoms with Crippen LogP contribution in [-0.4, -0.2) is 50.2 Å². The maximum atomic E-state index is 3.57. The van der Waals surface area contributed by atoms with Gasteiger partial charge in [0.1, 0.15) is 0 Å². The summed E-state index contributed by atoms with van der Waals surface area (Å²) in [6, 6.07) is 1.48. The lowest BCUT2D eigenvalue weighted by Crippen LogP contribution is -2.62. The van der Waals surface area contributed by atoms with Crippen molar-refractivity contribution >= 4 is 0 Å². The topological polar surface area (TPSA) is 27.3 Å². The minimum absolute atomic E-state index is 0.734. The number of hydrogen-bond donors (Lipinski definition) is 2. The highest BCUT2D eigenvalue weighted by Gasteiger charge is 2.30. The highest BCUT2D eigenvalue weighted by atomic mass is 15.2. The van der Waals surface area contributed by atoms with Crippen LogP contribution in [0.4, 0.5) is 0 Å². The predicted octanol–water partition coefficient (Wildman–Crippen LogP) is 1.08. The molecular weight excluding hydrogens is 186 g/mol. The van der Waals surface area contributed by atoms with E-state index in [2.05, 4.69) is 35.7 Å². The Labute approximate surface area is 94.9 Å². The van der Waals surface area contributed by atoms with Crippen LogP contribution in [0, 0.1) is 0 Å². The first-order valence-electron chi connectivity index (χ1n) is 6.02. The van der Waals surface area contributed by atoms with Crippen molar-refractivity contribution in [3.63, 3.8) is 0 Å². The molecule has 2 N–H and O–H groups in total. The molecule has 2 unspecified atom stereocenters. The van der Waals surface area contributed by atoms with Gasteiger partial charge in [0.2, 0.25) is 0 Å². The Hall–Kier alpha value is -0.380. The van der Waals surface area contributed by atoms with Crippen molar-refractivity contribution in [2.45, 2.75) is 32.4 Å². The second-order valence-corrected chi connectivity index (χ2v) is 3.60. The van der Waals surface area contributed by atoms with E-state index in [0.717, 1.165) is 25.2 Å². The molecule has 2 saturated heterocycles. The molecule has 0 spiro atoms. The van der Waals surface area contributed by atoms with Gasteiger partial charge < -0.3 is 10.6 Å². The first-order valence-corrected chi connectivity index (χ1v) is 6.02. The second-order valence-electron chi connectivity index (χ2n) is 3.60. The molecule has 2 fully saturated rings. The average molecular weight is 213 g/mol. The van der Waals surface area contributed by atoms with Crippen LogP contribution < -0.4 is 10.6 Å². The average Bonchev–Trinajstić information content (AvgIpc) is 2.35. The van der Waals surface area contributed by atoms with E-state index in [0.29, 0.717) is 0 Å². The van der Waals surface area contributed by atoms with Gasteiger partial charge in [-0.05, 0) is 20.0 Å². The summed E-state index contributed by atoms with van der Waals surface area (Å²) in [5.74, 6) is 0. The molecule has 2 aliphatic rings. The summed E-state index contributed by atoms with van der Waals surface area (Å²) in [4.78, 5) is 2.47. The van der Waals surface area contributed by atoms with E-state index in [9.17, 15) is 0 Å². The van der Waals surface area contributed by atoms with Gasteiger partial charge in [0, 0.05) is 31.7 Å². The third-order valence-electron chi connectivity index (χ3n) is 2.89. The molecule has 0 aromatic rings. The van der Waals surface area contributed by atoms with Crippen molar-refractivity contribution in [1.82, 2.24) is 15.5 Å². The normalized spacial score (nSPS) is 30.1. The summed E-state index contributed by atoms with van der Waals surface area (Å²) in [5, 5.41) is 7.00. The molecule has 3 heteroatoms. The van der Waals surface area contributed by atoms with Crippen molar-refractivity contribution < 1.29 is 0 Å². The third-order valence-corrected chi connectivity index (χ3v) is 2.89. The maximum Gasteiger partial charge on any atom is 0.0372 e. The van der Waals surface area contributed by atoms with Crippen LogP contribution in [0.1, 0.15) is 20.3 Å². The van der Waals surface area contributed by atoms with E-state index in [4.69, 9.17) is 0 Å². The van der Waals surface area contributed by atoms with E-state index in [1.807, 2.05) is 13.8 Å². The summed E-state index contributed by atoms with van der Waals surface area (Å²) in [5.41, 5.74) is 0. The lowest BCUT2D eigenvalue weighted by atomic mass is 9.97. The molecule has 0 bridgehead atoms. The van der Waals surface area contributed by atoms with Gasteiger partial charge in [-0.1, -0.05) is 13.8 Å². The van der Waals surface area contributed by atoms with E-state index in [1.165, 1.54) is 19.5 Å². The minimum Gasteiger partial charge on any atom is -0.315 e. The first kappa shape index (κ1) is 14.6. The highest BCUT2D eigenvalue weighted by molar-refractivity contribution is 4.92. The fraction of sp³-hybridized carbons (Fsp3) is 0.833. The zero-order valence-electron chi connectivity index (χ0n) is 10.6. The van der Waals surface area contributed by atoms with Crippen molar-refractivity contribution in [1.29, 1.82) is 0 Å². The molecule has 2 heterocycles. The van der Waals surface area contributed by atoms with Crippen LogP contribution in [0.3, 0.4) is 0 Å². The van der Waals surface area contributed by atoms with Gasteiger partial charge in [0.15, 0.2) is 0 Å². The van der Waals surface area contributed by atoms with Crippen LogP contribution in [0.5, 0.6) is 0 Å². The standard InChI is InChI=1S/C8H17N3.C2H6.C2H4/c1-11-5-4-10-7-2-3-9-6-8(7)11;2*1-2/h7-10H,2-6H2,1H3;1-2H3;1-2H2. The van der Waals surface area contributed by atoms with Crippen LogP contribution >= 0.6 is 0 Å². The van der Waals surface area contributed by atoms with Crippen molar-refractivity contribution in [2.75, 3.05) is 33.2 Å². The molecule has 0 aromatic heterocycles. The molecule has 2 atom stereocenters. The smallest absolute Gasteiger partial charge is 0.0372 e. The molecule has 3 nitrogen and oxygen atoms in total. The van der Waals surface area contributed by atoms with Gasteiger partial charge in [-0.25, -0.2) is 0 Å². The first-order chi connectivity index (χ1) is 7.38. The lowest BCUT2D eigenvalue weighted by Gasteiger charge is -2.43. The van der Waals surface area contributed by atoms with Gasteiger partial charge in [-0.15, -0.1) is 13.2 Å². The fourth-order valence-electron chi connectivity index (χ4n) is 2.14. The Morgan fingerprint density at radius 3 is 2.47 bits per heavy atom. The molecule has 0 aromatic carbocycles. The molecule has 2 aliphatic heterocycles. The monoisotopic (exact) mass is 213 g/mol. The molecule has 15 heavy (non-hydrogen) atoms. The number of piperazine rings is 1. The number of nitrogens with one attached hydrogen (secondary N) is 2. The summed E-state index contributed by atoms with van der Waals surface area (Å²) < 4.78 is 0. The Morgan fingerprint density at radius 2 is 1.87 bits per heavy atom. The Bertz CT molecular complexity index is 148. The number of hydrogen-bond acceptors (Lipinski definition) is 3. The Kier molecular flexibility index (Phi) is 8.67. The number of fused-ring (bicyclic) bond motifs is 1. The molecule has 90 valence electrons. The van der Waals surface area contributed by atoms with Crippen molar-refractivity contribution in [2.24, 2.45) is 0 Å². The fourth-order valence-corrected chi connectivity index (χ4v) is 2.14. The molecule has 0 amide bonds. The van der Waals surface area contributed by atoms with Gasteiger partial charge in [-0.3, -0.25) is 4.90 Å². The number of piperidine rings is 1. The van der Waals surface area contributed by atoms with Crippen LogP contribution in [0.25, 0.3) is 0 Å². The maximum absolute atomic E-state index is 3.57. The number of likely N-dealkylation sites (N-methyl/N-ethyl adjacent to an activating group) is 1. The summed E-state index contributed by atoms with van der Waals surface area (Å²) in [7, 11) is 2.23. The van der Waals surface area contributed by atoms with E-state index in [1.54, 1.807) is 0 Å². The quantitative estimate of drug-likeness (QED) is 0.590.